The molecular formula is C23H22N4O2. The van der Waals surface area contributed by atoms with Crippen LogP contribution in [0.1, 0.15) is 18.1 Å². The van der Waals surface area contributed by atoms with Crippen LogP contribution in [0, 0.1) is 13.8 Å². The number of aromatic hydroxyl groups is 1. The number of nitrogen functional groups attached to an aromatic ring is 1. The van der Waals surface area contributed by atoms with Crippen LogP contribution in [0.4, 0.5) is 17.1 Å². The number of benzene rings is 3. The topological polar surface area (TPSA) is 93.1 Å². The van der Waals surface area contributed by atoms with E-state index in [2.05, 4.69) is 10.2 Å². The number of fused-ring (bicyclic) bond motifs is 2. The summed E-state index contributed by atoms with van der Waals surface area (Å²) < 4.78 is 5.57. The van der Waals surface area contributed by atoms with Crippen LogP contribution in [0.3, 0.4) is 0 Å². The number of aryl methyl sites for hydroxylation is 2. The molecule has 0 aliphatic heterocycles. The first-order valence-corrected chi connectivity index (χ1v) is 9.44. The number of azo groups is 1. The minimum absolute atomic E-state index is 0.226. The monoisotopic (exact) mass is 386 g/mol. The van der Waals surface area contributed by atoms with E-state index in [4.69, 9.17) is 15.5 Å². The number of anilines is 1. The van der Waals surface area contributed by atoms with E-state index >= 15 is 0 Å². The lowest BCUT2D eigenvalue weighted by molar-refractivity contribution is 0.341. The predicted octanol–water partition coefficient (Wildman–Crippen LogP) is 6.11. The lowest BCUT2D eigenvalue weighted by atomic mass is 10.1. The smallest absolute Gasteiger partial charge is 0.120 e. The zero-order chi connectivity index (χ0) is 20.5. The summed E-state index contributed by atoms with van der Waals surface area (Å²) in [6, 6.07) is 14.7. The maximum Gasteiger partial charge on any atom is 0.120 e. The molecule has 146 valence electrons. The molecule has 4 rings (SSSR count). The molecular weight excluding hydrogens is 364 g/mol. The summed E-state index contributed by atoms with van der Waals surface area (Å²) in [7, 11) is 0. The lowest BCUT2D eigenvalue weighted by Crippen LogP contribution is -1.95. The van der Waals surface area contributed by atoms with Gasteiger partial charge in [-0.15, -0.1) is 0 Å². The molecule has 6 nitrogen and oxygen atoms in total. The Labute approximate surface area is 168 Å². The predicted molar refractivity (Wildman–Crippen MR) is 117 cm³/mol. The SMILES string of the molecule is CCOc1ccc2nc3cc(/N=N/c4c(C)cc(O)cc4C)ccc3c(N)c2c1. The van der Waals surface area contributed by atoms with Gasteiger partial charge < -0.3 is 15.6 Å². The average Bonchev–Trinajstić information content (AvgIpc) is 2.68. The van der Waals surface area contributed by atoms with Crippen molar-refractivity contribution in [2.75, 3.05) is 12.3 Å². The number of phenolic OH excluding ortho intramolecular Hbond substituents is 1. The second kappa shape index (κ2) is 7.39. The first kappa shape index (κ1) is 18.7. The van der Waals surface area contributed by atoms with E-state index in [0.717, 1.165) is 44.4 Å². The van der Waals surface area contributed by atoms with Crippen LogP contribution in [0.5, 0.6) is 11.5 Å². The second-order valence-corrected chi connectivity index (χ2v) is 6.97. The van der Waals surface area contributed by atoms with Crippen LogP contribution in [-0.4, -0.2) is 16.7 Å². The Hall–Kier alpha value is -3.67. The molecule has 0 amide bonds. The minimum atomic E-state index is 0.226. The van der Waals surface area contributed by atoms with Gasteiger partial charge in [-0.3, -0.25) is 0 Å². The van der Waals surface area contributed by atoms with Gasteiger partial charge in [0.25, 0.3) is 0 Å². The van der Waals surface area contributed by atoms with Crippen LogP contribution in [-0.2, 0) is 0 Å². The number of hydrogen-bond acceptors (Lipinski definition) is 6. The number of ether oxygens (including phenoxy) is 1. The van der Waals surface area contributed by atoms with Crippen molar-refractivity contribution in [2.45, 2.75) is 20.8 Å². The van der Waals surface area contributed by atoms with Crippen LogP contribution < -0.4 is 10.5 Å². The third-order valence-corrected chi connectivity index (χ3v) is 4.82. The summed E-state index contributed by atoms with van der Waals surface area (Å²) in [6.45, 7) is 6.34. The fourth-order valence-electron chi connectivity index (χ4n) is 3.46. The van der Waals surface area contributed by atoms with Gasteiger partial charge in [0, 0.05) is 10.8 Å². The summed E-state index contributed by atoms with van der Waals surface area (Å²) in [5, 5.41) is 20.2. The Bertz CT molecular complexity index is 1240. The van der Waals surface area contributed by atoms with Crippen LogP contribution in [0.15, 0.2) is 58.8 Å². The molecule has 0 unspecified atom stereocenters. The average molecular weight is 386 g/mol. The van der Waals surface area contributed by atoms with Gasteiger partial charge in [0.1, 0.15) is 11.5 Å². The number of rotatable bonds is 4. The van der Waals surface area contributed by atoms with Gasteiger partial charge in [-0.2, -0.15) is 10.2 Å². The van der Waals surface area contributed by atoms with E-state index in [-0.39, 0.29) is 5.75 Å². The van der Waals surface area contributed by atoms with E-state index in [0.29, 0.717) is 18.0 Å². The third kappa shape index (κ3) is 3.57. The maximum atomic E-state index is 9.68. The molecule has 1 aromatic heterocycles. The first-order valence-electron chi connectivity index (χ1n) is 9.44. The van der Waals surface area contributed by atoms with Crippen LogP contribution >= 0.6 is 0 Å². The van der Waals surface area contributed by atoms with Crippen molar-refractivity contribution < 1.29 is 9.84 Å². The van der Waals surface area contributed by atoms with Crippen molar-refractivity contribution in [1.82, 2.24) is 4.98 Å². The first-order chi connectivity index (χ1) is 14.0. The molecule has 0 bridgehead atoms. The van der Waals surface area contributed by atoms with Gasteiger partial charge in [0.2, 0.25) is 0 Å². The molecule has 3 aromatic carbocycles. The number of nitrogens with two attached hydrogens (primary N) is 1. The van der Waals surface area contributed by atoms with Crippen molar-refractivity contribution >= 4 is 38.9 Å². The zero-order valence-electron chi connectivity index (χ0n) is 16.6. The molecule has 0 aliphatic carbocycles. The van der Waals surface area contributed by atoms with Gasteiger partial charge in [0.05, 0.1) is 34.7 Å². The Morgan fingerprint density at radius 3 is 2.41 bits per heavy atom. The van der Waals surface area contributed by atoms with E-state index < -0.39 is 0 Å². The molecule has 6 heteroatoms. The summed E-state index contributed by atoms with van der Waals surface area (Å²) in [5.74, 6) is 1.00. The highest BCUT2D eigenvalue weighted by Gasteiger charge is 2.09. The highest BCUT2D eigenvalue weighted by molar-refractivity contribution is 6.07. The summed E-state index contributed by atoms with van der Waals surface area (Å²) >= 11 is 0. The van der Waals surface area contributed by atoms with E-state index in [1.54, 1.807) is 12.1 Å². The fourth-order valence-corrected chi connectivity index (χ4v) is 3.46. The van der Waals surface area contributed by atoms with E-state index in [9.17, 15) is 5.11 Å². The molecule has 1 heterocycles. The van der Waals surface area contributed by atoms with E-state index in [1.165, 1.54) is 0 Å². The van der Waals surface area contributed by atoms with Crippen molar-refractivity contribution in [1.29, 1.82) is 0 Å². The van der Waals surface area contributed by atoms with Gasteiger partial charge in [-0.05, 0) is 80.4 Å². The highest BCUT2D eigenvalue weighted by Crippen LogP contribution is 2.34. The largest absolute Gasteiger partial charge is 0.508 e. The van der Waals surface area contributed by atoms with Crippen molar-refractivity contribution in [3.05, 3.63) is 59.7 Å². The number of hydrogen-bond donors (Lipinski definition) is 2. The summed E-state index contributed by atoms with van der Waals surface area (Å²) in [5.41, 5.74) is 11.8. The second-order valence-electron chi connectivity index (χ2n) is 6.97. The van der Waals surface area contributed by atoms with Crippen LogP contribution in [0.25, 0.3) is 21.8 Å². The number of aromatic nitrogens is 1. The molecule has 0 saturated carbocycles. The number of pyridine rings is 1. The zero-order valence-corrected chi connectivity index (χ0v) is 16.6. The lowest BCUT2D eigenvalue weighted by Gasteiger charge is -2.09. The maximum absolute atomic E-state index is 9.68. The summed E-state index contributed by atoms with van der Waals surface area (Å²) in [6.07, 6.45) is 0. The molecule has 4 aromatic rings. The Balaban J connectivity index is 1.76. The Kier molecular flexibility index (Phi) is 4.76. The Morgan fingerprint density at radius 1 is 0.931 bits per heavy atom. The van der Waals surface area contributed by atoms with Crippen molar-refractivity contribution in [3.8, 4) is 11.5 Å². The standard InChI is InChI=1S/C23H22N4O2/c1-4-29-17-6-8-20-19(12-17)22(24)18-7-5-15(11-21(18)25-20)26-27-23-13(2)9-16(28)10-14(23)3/h5-12,28H,4H2,1-3H3,(H2,24,25)/b27-26+. The molecule has 0 saturated heterocycles. The van der Waals surface area contributed by atoms with Crippen LogP contribution in [0.2, 0.25) is 0 Å². The molecule has 29 heavy (non-hydrogen) atoms. The normalized spacial score (nSPS) is 11.6. The minimum Gasteiger partial charge on any atom is -0.508 e. The van der Waals surface area contributed by atoms with Gasteiger partial charge in [-0.25, -0.2) is 4.98 Å². The number of nitrogens with zero attached hydrogens (tertiary/aromatic N) is 3. The molecule has 0 radical (unpaired) electrons. The Morgan fingerprint density at radius 2 is 1.69 bits per heavy atom. The van der Waals surface area contributed by atoms with Gasteiger partial charge in [0.15, 0.2) is 0 Å². The molecule has 0 atom stereocenters. The highest BCUT2D eigenvalue weighted by atomic mass is 16.5. The fraction of sp³-hybridized carbons (Fsp3) is 0.174. The molecule has 0 aliphatic rings. The molecule has 3 N–H and O–H groups in total. The van der Waals surface area contributed by atoms with Crippen molar-refractivity contribution in [3.63, 3.8) is 0 Å². The molecule has 0 fully saturated rings. The number of phenols is 1. The summed E-state index contributed by atoms with van der Waals surface area (Å²) in [4.78, 5) is 4.73. The molecule has 0 spiro atoms. The van der Waals surface area contributed by atoms with Gasteiger partial charge in [-0.1, -0.05) is 0 Å². The quantitative estimate of drug-likeness (QED) is 0.327. The van der Waals surface area contributed by atoms with Crippen molar-refractivity contribution in [2.24, 2.45) is 10.2 Å². The van der Waals surface area contributed by atoms with E-state index in [1.807, 2.05) is 57.2 Å². The van der Waals surface area contributed by atoms with Gasteiger partial charge >= 0.3 is 0 Å². The third-order valence-electron chi connectivity index (χ3n) is 4.82.